The maximum absolute atomic E-state index is 5.89. The van der Waals surface area contributed by atoms with Crippen LogP contribution in [0.5, 0.6) is 0 Å². The highest BCUT2D eigenvalue weighted by molar-refractivity contribution is 7.98. The molecule has 0 fully saturated rings. The quantitative estimate of drug-likeness (QED) is 0.414. The lowest BCUT2D eigenvalue weighted by molar-refractivity contribution is 0.202. The van der Waals surface area contributed by atoms with Crippen molar-refractivity contribution in [1.82, 2.24) is 5.32 Å². The molecule has 0 unspecified atom stereocenters. The van der Waals surface area contributed by atoms with Gasteiger partial charge in [-0.1, -0.05) is 0 Å². The van der Waals surface area contributed by atoms with Gasteiger partial charge >= 0.3 is 0 Å². The zero-order valence-electron chi connectivity index (χ0n) is 11.5. The van der Waals surface area contributed by atoms with Crippen LogP contribution in [0.15, 0.2) is 16.8 Å². The van der Waals surface area contributed by atoms with Gasteiger partial charge in [-0.25, -0.2) is 0 Å². The minimum Gasteiger partial charge on any atom is -0.385 e. The first-order valence-corrected chi connectivity index (χ1v) is 7.06. The second-order valence-corrected chi connectivity index (χ2v) is 5.60. The molecule has 0 aromatic carbocycles. The normalized spacial score (nSPS) is 13.9. The summed E-state index contributed by atoms with van der Waals surface area (Å²) < 4.78 is 5.00. The maximum atomic E-state index is 5.89. The van der Waals surface area contributed by atoms with Crippen LogP contribution in [-0.4, -0.2) is 43.6 Å². The largest absolute Gasteiger partial charge is 0.385 e. The molecule has 0 aliphatic heterocycles. The highest BCUT2D eigenvalue weighted by atomic mass is 32.2. The van der Waals surface area contributed by atoms with E-state index < -0.39 is 0 Å². The van der Waals surface area contributed by atoms with Gasteiger partial charge in [-0.05, 0) is 33.1 Å². The summed E-state index contributed by atoms with van der Waals surface area (Å²) in [5, 5.41) is 3.29. The van der Waals surface area contributed by atoms with Crippen LogP contribution < -0.4 is 11.1 Å². The second-order valence-electron chi connectivity index (χ2n) is 4.73. The molecule has 0 aromatic rings. The molecular formula is C12H25N3OS. The van der Waals surface area contributed by atoms with Crippen molar-refractivity contribution in [2.75, 3.05) is 32.3 Å². The van der Waals surface area contributed by atoms with Crippen LogP contribution in [0.1, 0.15) is 20.8 Å². The van der Waals surface area contributed by atoms with Crippen molar-refractivity contribution < 1.29 is 4.74 Å². The molecule has 0 amide bonds. The zero-order chi connectivity index (χ0) is 13.3. The lowest BCUT2D eigenvalue weighted by Crippen LogP contribution is -2.24. The number of methoxy groups -OCH3 is 1. The lowest BCUT2D eigenvalue weighted by Gasteiger charge is -2.14. The van der Waals surface area contributed by atoms with E-state index in [1.807, 2.05) is 26.8 Å². The SMILES string of the molecule is COCCN/C(=C/C(N)=NC(C)(C)C)CSC. The molecule has 0 saturated heterocycles. The summed E-state index contributed by atoms with van der Waals surface area (Å²) in [6.45, 7) is 7.55. The van der Waals surface area contributed by atoms with Gasteiger partial charge in [0.05, 0.1) is 12.1 Å². The fourth-order valence-electron chi connectivity index (χ4n) is 1.21. The zero-order valence-corrected chi connectivity index (χ0v) is 12.4. The Hall–Kier alpha value is -0.680. The second kappa shape index (κ2) is 8.42. The molecule has 0 aromatic heterocycles. The summed E-state index contributed by atoms with van der Waals surface area (Å²) in [7, 11) is 1.69. The minimum absolute atomic E-state index is 0.141. The van der Waals surface area contributed by atoms with E-state index in [2.05, 4.69) is 16.6 Å². The van der Waals surface area contributed by atoms with Crippen LogP contribution in [0.4, 0.5) is 0 Å². The molecule has 0 spiro atoms. The Morgan fingerprint density at radius 3 is 2.59 bits per heavy atom. The monoisotopic (exact) mass is 259 g/mol. The fraction of sp³-hybridized carbons (Fsp3) is 0.750. The van der Waals surface area contributed by atoms with Crippen LogP contribution in [0.3, 0.4) is 0 Å². The van der Waals surface area contributed by atoms with E-state index in [4.69, 9.17) is 10.5 Å². The molecule has 17 heavy (non-hydrogen) atoms. The van der Waals surface area contributed by atoms with Gasteiger partial charge in [0.15, 0.2) is 0 Å². The number of thioether (sulfide) groups is 1. The van der Waals surface area contributed by atoms with Crippen molar-refractivity contribution in [2.24, 2.45) is 10.7 Å². The molecule has 4 nitrogen and oxygen atoms in total. The van der Waals surface area contributed by atoms with Gasteiger partial charge in [0.2, 0.25) is 0 Å². The Kier molecular flexibility index (Phi) is 8.08. The van der Waals surface area contributed by atoms with Crippen molar-refractivity contribution in [3.63, 3.8) is 0 Å². The van der Waals surface area contributed by atoms with Crippen LogP contribution >= 0.6 is 11.8 Å². The van der Waals surface area contributed by atoms with Gasteiger partial charge < -0.3 is 15.8 Å². The molecule has 0 aliphatic rings. The van der Waals surface area contributed by atoms with Crippen molar-refractivity contribution in [3.05, 3.63) is 11.8 Å². The summed E-state index contributed by atoms with van der Waals surface area (Å²) in [6, 6.07) is 0. The highest BCUT2D eigenvalue weighted by Crippen LogP contribution is 2.07. The Balaban J connectivity index is 4.51. The third-order valence-electron chi connectivity index (χ3n) is 1.74. The van der Waals surface area contributed by atoms with Gasteiger partial charge in [0.25, 0.3) is 0 Å². The molecule has 0 bridgehead atoms. The number of nitrogens with zero attached hydrogens (tertiary/aromatic N) is 1. The molecule has 3 N–H and O–H groups in total. The number of aliphatic imine (C=N–C) groups is 1. The van der Waals surface area contributed by atoms with Crippen molar-refractivity contribution in [2.45, 2.75) is 26.3 Å². The molecule has 100 valence electrons. The summed E-state index contributed by atoms with van der Waals surface area (Å²) >= 11 is 1.75. The molecule has 5 heteroatoms. The molecule has 0 aliphatic carbocycles. The third-order valence-corrected chi connectivity index (χ3v) is 2.34. The number of nitrogens with two attached hydrogens (primary N) is 1. The van der Waals surface area contributed by atoms with Crippen LogP contribution in [0.2, 0.25) is 0 Å². The van der Waals surface area contributed by atoms with Gasteiger partial charge in [0, 0.05) is 25.1 Å². The van der Waals surface area contributed by atoms with E-state index in [9.17, 15) is 0 Å². The summed E-state index contributed by atoms with van der Waals surface area (Å²) in [4.78, 5) is 4.40. The topological polar surface area (TPSA) is 59.6 Å². The van der Waals surface area contributed by atoms with Gasteiger partial charge in [-0.3, -0.25) is 4.99 Å². The van der Waals surface area contributed by atoms with Crippen molar-refractivity contribution >= 4 is 17.6 Å². The fourth-order valence-corrected chi connectivity index (χ4v) is 1.71. The van der Waals surface area contributed by atoms with Crippen LogP contribution in [0, 0.1) is 0 Å². The van der Waals surface area contributed by atoms with E-state index in [0.29, 0.717) is 12.4 Å². The minimum atomic E-state index is -0.141. The predicted molar refractivity (Wildman–Crippen MR) is 77.7 cm³/mol. The highest BCUT2D eigenvalue weighted by Gasteiger charge is 2.07. The summed E-state index contributed by atoms with van der Waals surface area (Å²) in [5.74, 6) is 1.45. The van der Waals surface area contributed by atoms with E-state index in [-0.39, 0.29) is 5.54 Å². The van der Waals surface area contributed by atoms with Gasteiger partial charge in [-0.15, -0.1) is 0 Å². The van der Waals surface area contributed by atoms with Crippen LogP contribution in [0.25, 0.3) is 0 Å². The lowest BCUT2D eigenvalue weighted by atomic mass is 10.1. The molecule has 0 rings (SSSR count). The van der Waals surface area contributed by atoms with Gasteiger partial charge in [-0.2, -0.15) is 11.8 Å². The number of ether oxygens (including phenoxy) is 1. The smallest absolute Gasteiger partial charge is 0.120 e. The Bertz CT molecular complexity index is 269. The van der Waals surface area contributed by atoms with E-state index >= 15 is 0 Å². The van der Waals surface area contributed by atoms with E-state index in [1.54, 1.807) is 18.9 Å². The average molecular weight is 259 g/mol. The Labute approximate surface area is 109 Å². The van der Waals surface area contributed by atoms with Crippen LogP contribution in [-0.2, 0) is 4.74 Å². The van der Waals surface area contributed by atoms with Crippen molar-refractivity contribution in [3.8, 4) is 0 Å². The Morgan fingerprint density at radius 1 is 1.47 bits per heavy atom. The molecule has 0 saturated carbocycles. The summed E-state index contributed by atoms with van der Waals surface area (Å²) in [6.07, 6.45) is 3.96. The first-order chi connectivity index (χ1) is 7.89. The van der Waals surface area contributed by atoms with E-state index in [0.717, 1.165) is 18.0 Å². The molecule has 0 heterocycles. The predicted octanol–water partition coefficient (Wildman–Crippen LogP) is 1.63. The number of nitrogens with one attached hydrogen (secondary N) is 1. The number of hydrogen-bond acceptors (Lipinski definition) is 4. The Morgan fingerprint density at radius 2 is 2.12 bits per heavy atom. The standard InChI is InChI=1S/C12H25N3OS/c1-12(2,3)15-11(13)8-10(9-17-5)14-6-7-16-4/h8,14H,6-7,9H2,1-5H3,(H2,13,15)/b10-8+. The van der Waals surface area contributed by atoms with E-state index in [1.165, 1.54) is 0 Å². The number of amidine groups is 1. The van der Waals surface area contributed by atoms with Crippen molar-refractivity contribution in [1.29, 1.82) is 0 Å². The first kappa shape index (κ1) is 16.3. The van der Waals surface area contributed by atoms with Gasteiger partial charge in [0.1, 0.15) is 5.84 Å². The maximum Gasteiger partial charge on any atom is 0.120 e. The third kappa shape index (κ3) is 10.2. The molecule has 0 atom stereocenters. The number of rotatable bonds is 7. The molecular weight excluding hydrogens is 234 g/mol. The average Bonchev–Trinajstić information content (AvgIpc) is 2.15. The summed E-state index contributed by atoms with van der Waals surface area (Å²) in [5.41, 5.74) is 6.83. The first-order valence-electron chi connectivity index (χ1n) is 5.66. The molecule has 0 radical (unpaired) electrons. The number of hydrogen-bond donors (Lipinski definition) is 2.